The van der Waals surface area contributed by atoms with Crippen LogP contribution in [0.3, 0.4) is 0 Å². The van der Waals surface area contributed by atoms with Crippen LogP contribution in [0, 0.1) is 0 Å². The summed E-state index contributed by atoms with van der Waals surface area (Å²) in [5.74, 6) is -0.0740. The number of hydrogen-bond donors (Lipinski definition) is 1. The molecular weight excluding hydrogens is 234 g/mol. The average molecular weight is 247 g/mol. The Hall–Kier alpha value is -0.220. The van der Waals surface area contributed by atoms with Gasteiger partial charge in [0, 0.05) is 13.6 Å². The Morgan fingerprint density at radius 1 is 1.29 bits per heavy atom. The molecule has 0 saturated carbocycles. The Kier molecular flexibility index (Phi) is 4.95. The van der Waals surface area contributed by atoms with Gasteiger partial charge in [-0.25, -0.2) is 16.9 Å². The molecule has 0 aliphatic carbocycles. The van der Waals surface area contributed by atoms with Crippen molar-refractivity contribution >= 4 is 20.4 Å². The molecule has 0 radical (unpaired) electrons. The molecule has 0 atom stereocenters. The van der Waals surface area contributed by atoms with Crippen molar-refractivity contribution in [3.8, 4) is 0 Å². The highest BCUT2D eigenvalue weighted by Gasteiger charge is 2.15. The second-order valence-corrected chi connectivity index (χ2v) is 5.93. The fraction of sp³-hybridized carbons (Fsp3) is 1.00. The zero-order chi connectivity index (χ0) is 11.4. The van der Waals surface area contributed by atoms with Crippen molar-refractivity contribution in [2.75, 3.05) is 26.0 Å². The van der Waals surface area contributed by atoms with Crippen LogP contribution in [0.25, 0.3) is 0 Å². The summed E-state index contributed by atoms with van der Waals surface area (Å²) in [5.41, 5.74) is 0. The summed E-state index contributed by atoms with van der Waals surface area (Å²) >= 11 is 0. The Morgan fingerprint density at radius 3 is 2.14 bits per heavy atom. The van der Waals surface area contributed by atoms with Gasteiger partial charge in [-0.3, -0.25) is 4.55 Å². The summed E-state index contributed by atoms with van der Waals surface area (Å²) in [5, 5.41) is 0. The third-order valence-corrected chi connectivity index (χ3v) is 3.80. The van der Waals surface area contributed by atoms with Crippen molar-refractivity contribution in [3.63, 3.8) is 0 Å². The van der Waals surface area contributed by atoms with Crippen LogP contribution in [0.1, 0.15) is 6.92 Å². The topological polar surface area (TPSA) is 101 Å². The van der Waals surface area contributed by atoms with Gasteiger partial charge in [-0.05, 0) is 6.92 Å². The molecule has 0 unspecified atom stereocenters. The van der Waals surface area contributed by atoms with E-state index in [1.54, 1.807) is 0 Å². The van der Waals surface area contributed by atoms with Crippen LogP contribution in [-0.2, 0) is 24.6 Å². The summed E-state index contributed by atoms with van der Waals surface area (Å²) in [6, 6.07) is 0. The van der Waals surface area contributed by atoms with Crippen molar-refractivity contribution < 1.29 is 25.6 Å². The molecule has 0 saturated heterocycles. The fourth-order valence-corrected chi connectivity index (χ4v) is 1.71. The quantitative estimate of drug-likeness (QED) is 0.610. The van der Waals surface area contributed by atoms with E-state index in [1.807, 2.05) is 0 Å². The molecule has 0 aliphatic rings. The van der Waals surface area contributed by atoms with Gasteiger partial charge >= 0.3 is 10.4 Å². The van der Waals surface area contributed by atoms with Gasteiger partial charge in [-0.1, -0.05) is 0 Å². The number of sulfonamides is 1. The standard InChI is InChI=1S/C5H13NO6S2/c1-3-13(7,8)6(2)4-5-12-14(9,10)11/h3-5H2,1-2H3,(H,9,10,11). The average Bonchev–Trinajstić information content (AvgIpc) is 2.02. The number of likely N-dealkylation sites (N-methyl/N-ethyl adjacent to an activating group) is 1. The second kappa shape index (κ2) is 5.03. The van der Waals surface area contributed by atoms with Gasteiger partial charge in [-0.2, -0.15) is 8.42 Å². The first-order valence-corrected chi connectivity index (χ1v) is 6.72. The zero-order valence-corrected chi connectivity index (χ0v) is 9.51. The maximum Gasteiger partial charge on any atom is 0.397 e. The summed E-state index contributed by atoms with van der Waals surface area (Å²) in [6.45, 7) is 0.931. The highest BCUT2D eigenvalue weighted by Crippen LogP contribution is 1.97. The van der Waals surface area contributed by atoms with Crippen LogP contribution in [0.4, 0.5) is 0 Å². The first kappa shape index (κ1) is 13.8. The molecule has 0 rings (SSSR count). The van der Waals surface area contributed by atoms with E-state index >= 15 is 0 Å². The predicted molar refractivity (Wildman–Crippen MR) is 49.6 cm³/mol. The molecule has 0 amide bonds. The minimum atomic E-state index is -4.49. The third-order valence-electron chi connectivity index (χ3n) is 1.48. The monoisotopic (exact) mass is 247 g/mol. The Bertz CT molecular complexity index is 358. The smallest absolute Gasteiger partial charge is 0.264 e. The van der Waals surface area contributed by atoms with Gasteiger partial charge < -0.3 is 0 Å². The molecule has 0 spiro atoms. The molecule has 0 aromatic carbocycles. The number of rotatable bonds is 6. The lowest BCUT2D eigenvalue weighted by molar-refractivity contribution is 0.251. The molecule has 0 aromatic heterocycles. The Balaban J connectivity index is 4.06. The highest BCUT2D eigenvalue weighted by atomic mass is 32.3. The van der Waals surface area contributed by atoms with E-state index < -0.39 is 27.0 Å². The van der Waals surface area contributed by atoms with Crippen LogP contribution in [0.15, 0.2) is 0 Å². The second-order valence-electron chi connectivity index (χ2n) is 2.47. The van der Waals surface area contributed by atoms with Crippen LogP contribution < -0.4 is 0 Å². The normalized spacial score (nSPS) is 13.4. The molecule has 0 heterocycles. The lowest BCUT2D eigenvalue weighted by Gasteiger charge is -2.14. The van der Waals surface area contributed by atoms with E-state index in [2.05, 4.69) is 4.18 Å². The minimum absolute atomic E-state index is 0.0740. The van der Waals surface area contributed by atoms with Crippen molar-refractivity contribution in [1.82, 2.24) is 4.31 Å². The molecule has 0 fully saturated rings. The zero-order valence-electron chi connectivity index (χ0n) is 7.87. The molecule has 9 heteroatoms. The van der Waals surface area contributed by atoms with Crippen LogP contribution >= 0.6 is 0 Å². The van der Waals surface area contributed by atoms with E-state index in [4.69, 9.17) is 4.55 Å². The van der Waals surface area contributed by atoms with Crippen LogP contribution in [-0.4, -0.2) is 51.6 Å². The molecule has 0 bridgehead atoms. The van der Waals surface area contributed by atoms with Gasteiger partial charge in [0.05, 0.1) is 12.4 Å². The van der Waals surface area contributed by atoms with E-state index in [-0.39, 0.29) is 12.3 Å². The van der Waals surface area contributed by atoms with Crippen LogP contribution in [0.5, 0.6) is 0 Å². The van der Waals surface area contributed by atoms with Gasteiger partial charge in [0.25, 0.3) is 0 Å². The summed E-state index contributed by atoms with van der Waals surface area (Å²) in [4.78, 5) is 0. The molecule has 14 heavy (non-hydrogen) atoms. The molecule has 1 N–H and O–H groups in total. The predicted octanol–water partition coefficient (Wildman–Crippen LogP) is -0.913. The molecular formula is C5H13NO6S2. The first-order valence-electron chi connectivity index (χ1n) is 3.75. The maximum atomic E-state index is 11.1. The van der Waals surface area contributed by atoms with Crippen molar-refractivity contribution in [2.45, 2.75) is 6.92 Å². The molecule has 0 aliphatic heterocycles. The largest absolute Gasteiger partial charge is 0.397 e. The van der Waals surface area contributed by atoms with Gasteiger partial charge in [0.1, 0.15) is 0 Å². The van der Waals surface area contributed by atoms with Crippen molar-refractivity contribution in [2.24, 2.45) is 0 Å². The maximum absolute atomic E-state index is 11.1. The van der Waals surface area contributed by atoms with E-state index in [9.17, 15) is 16.8 Å². The highest BCUT2D eigenvalue weighted by molar-refractivity contribution is 7.89. The van der Waals surface area contributed by atoms with Crippen LogP contribution in [0.2, 0.25) is 0 Å². The molecule has 7 nitrogen and oxygen atoms in total. The van der Waals surface area contributed by atoms with Gasteiger partial charge in [-0.15, -0.1) is 0 Å². The van der Waals surface area contributed by atoms with Crippen molar-refractivity contribution in [3.05, 3.63) is 0 Å². The van der Waals surface area contributed by atoms with E-state index in [0.29, 0.717) is 0 Å². The van der Waals surface area contributed by atoms with Gasteiger partial charge in [0.15, 0.2) is 0 Å². The summed E-state index contributed by atoms with van der Waals surface area (Å²) in [6.07, 6.45) is 0. The molecule has 0 aromatic rings. The van der Waals surface area contributed by atoms with E-state index in [1.165, 1.54) is 14.0 Å². The summed E-state index contributed by atoms with van der Waals surface area (Å²) < 4.78 is 55.5. The lowest BCUT2D eigenvalue weighted by atomic mass is 10.7. The number of hydrogen-bond acceptors (Lipinski definition) is 5. The SMILES string of the molecule is CCS(=O)(=O)N(C)CCOS(=O)(=O)O. The minimum Gasteiger partial charge on any atom is -0.264 e. The number of nitrogens with zero attached hydrogens (tertiary/aromatic N) is 1. The first-order chi connectivity index (χ1) is 6.19. The Labute approximate surface area is 83.7 Å². The van der Waals surface area contributed by atoms with E-state index in [0.717, 1.165) is 4.31 Å². The molecule has 86 valence electrons. The summed E-state index contributed by atoms with van der Waals surface area (Å²) in [7, 11) is -6.53. The lowest BCUT2D eigenvalue weighted by Crippen LogP contribution is -2.31. The third kappa shape index (κ3) is 5.50. The van der Waals surface area contributed by atoms with Crippen molar-refractivity contribution in [1.29, 1.82) is 0 Å². The Morgan fingerprint density at radius 2 is 1.79 bits per heavy atom. The van der Waals surface area contributed by atoms with Gasteiger partial charge in [0.2, 0.25) is 10.0 Å². The fourth-order valence-electron chi connectivity index (χ4n) is 0.631.